The Morgan fingerprint density at radius 2 is 2.27 bits per heavy atom. The van der Waals surface area contributed by atoms with Gasteiger partial charge in [0.15, 0.2) is 10.7 Å². The normalized spacial score (nSPS) is 10.6. The number of aromatic nitrogens is 4. The van der Waals surface area contributed by atoms with Gasteiger partial charge in [0.05, 0.1) is 6.33 Å². The van der Waals surface area contributed by atoms with Gasteiger partial charge in [-0.15, -0.1) is 0 Å². The highest BCUT2D eigenvalue weighted by atomic mass is 32.2. The molecule has 0 radical (unpaired) electrons. The van der Waals surface area contributed by atoms with E-state index >= 15 is 0 Å². The Labute approximate surface area is 66.1 Å². The van der Waals surface area contributed by atoms with E-state index in [4.69, 9.17) is 4.55 Å². The molecule has 2 aromatic rings. The van der Waals surface area contributed by atoms with Crippen LogP contribution in [0.4, 0.5) is 0 Å². The standard InChI is InChI=1S/C5H4N4OS/c10-11-5-3-4(7-1-6-3)8-2-9-5/h1-2,10H,(H,6,7,8,9). The number of hydrogen-bond donors (Lipinski definition) is 2. The second-order valence-corrected chi connectivity index (χ2v) is 2.44. The van der Waals surface area contributed by atoms with Gasteiger partial charge in [-0.3, -0.25) is 0 Å². The van der Waals surface area contributed by atoms with Crippen LogP contribution in [0.3, 0.4) is 0 Å². The minimum absolute atomic E-state index is 0.493. The van der Waals surface area contributed by atoms with Crippen LogP contribution in [0, 0.1) is 0 Å². The monoisotopic (exact) mass is 168 g/mol. The van der Waals surface area contributed by atoms with Crippen molar-refractivity contribution >= 4 is 23.2 Å². The van der Waals surface area contributed by atoms with Gasteiger partial charge in [0, 0.05) is 12.0 Å². The molecule has 5 nitrogen and oxygen atoms in total. The van der Waals surface area contributed by atoms with Gasteiger partial charge in [0.25, 0.3) is 0 Å². The molecule has 6 heteroatoms. The van der Waals surface area contributed by atoms with Crippen LogP contribution in [0.2, 0.25) is 0 Å². The molecular weight excluding hydrogens is 164 g/mol. The van der Waals surface area contributed by atoms with Gasteiger partial charge in [-0.2, -0.15) is 0 Å². The largest absolute Gasteiger partial charge is 0.341 e. The number of H-pyrrole nitrogens is 1. The van der Waals surface area contributed by atoms with Gasteiger partial charge >= 0.3 is 0 Å². The third-order valence-electron chi connectivity index (χ3n) is 1.27. The number of fused-ring (bicyclic) bond motifs is 1. The van der Waals surface area contributed by atoms with Gasteiger partial charge in [0.1, 0.15) is 11.8 Å². The lowest BCUT2D eigenvalue weighted by Crippen LogP contribution is -1.84. The van der Waals surface area contributed by atoms with Gasteiger partial charge in [-0.05, 0) is 0 Å². The summed E-state index contributed by atoms with van der Waals surface area (Å²) in [5.41, 5.74) is 1.23. The zero-order valence-electron chi connectivity index (χ0n) is 5.35. The molecule has 2 N–H and O–H groups in total. The zero-order valence-corrected chi connectivity index (χ0v) is 6.17. The molecule has 2 rings (SSSR count). The SMILES string of the molecule is OSc1ncnc2nc[nH]c12. The topological polar surface area (TPSA) is 74.7 Å². The summed E-state index contributed by atoms with van der Waals surface area (Å²) in [4.78, 5) is 14.4. The molecule has 56 valence electrons. The molecule has 2 aromatic heterocycles. The second kappa shape index (κ2) is 2.48. The summed E-state index contributed by atoms with van der Waals surface area (Å²) in [7, 11) is 0. The third-order valence-corrected chi connectivity index (χ3v) is 1.76. The van der Waals surface area contributed by atoms with E-state index in [0.29, 0.717) is 28.2 Å². The summed E-state index contributed by atoms with van der Waals surface area (Å²) in [6.07, 6.45) is 2.88. The van der Waals surface area contributed by atoms with E-state index in [2.05, 4.69) is 19.9 Å². The zero-order chi connectivity index (χ0) is 7.68. The van der Waals surface area contributed by atoms with Crippen molar-refractivity contribution in [1.82, 2.24) is 19.9 Å². The van der Waals surface area contributed by atoms with Crippen molar-refractivity contribution in [3.8, 4) is 0 Å². The minimum atomic E-state index is 0.493. The molecule has 0 fully saturated rings. The van der Waals surface area contributed by atoms with E-state index in [0.717, 1.165) is 0 Å². The summed E-state index contributed by atoms with van der Waals surface area (Å²) in [5.74, 6) is 0. The van der Waals surface area contributed by atoms with Crippen LogP contribution in [0.15, 0.2) is 17.7 Å². The van der Waals surface area contributed by atoms with Gasteiger partial charge in [-0.25, -0.2) is 15.0 Å². The Hall–Kier alpha value is -1.14. The smallest absolute Gasteiger partial charge is 0.181 e. The Kier molecular flexibility index (Phi) is 1.48. The molecule has 0 aliphatic rings. The predicted molar refractivity (Wildman–Crippen MR) is 40.2 cm³/mol. The average Bonchev–Trinajstić information content (AvgIpc) is 2.50. The minimum Gasteiger partial charge on any atom is -0.341 e. The van der Waals surface area contributed by atoms with Crippen LogP contribution < -0.4 is 0 Å². The Bertz CT molecular complexity index is 373. The summed E-state index contributed by atoms with van der Waals surface area (Å²) in [6.45, 7) is 0. The summed E-state index contributed by atoms with van der Waals surface area (Å²) in [6, 6.07) is 0. The van der Waals surface area contributed by atoms with Gasteiger partial charge in [0.2, 0.25) is 0 Å². The van der Waals surface area contributed by atoms with Crippen LogP contribution in [0.1, 0.15) is 0 Å². The van der Waals surface area contributed by atoms with Crippen LogP contribution in [0.25, 0.3) is 11.2 Å². The first-order valence-corrected chi connectivity index (χ1v) is 3.64. The van der Waals surface area contributed by atoms with Crippen molar-refractivity contribution in [1.29, 1.82) is 0 Å². The molecule has 0 unspecified atom stereocenters. The predicted octanol–water partition coefficient (Wildman–Crippen LogP) is 0.918. The summed E-state index contributed by atoms with van der Waals surface area (Å²) >= 11 is 0.581. The maximum atomic E-state index is 8.73. The number of hydrogen-bond acceptors (Lipinski definition) is 5. The van der Waals surface area contributed by atoms with Gasteiger partial charge < -0.3 is 9.54 Å². The van der Waals surface area contributed by atoms with E-state index < -0.39 is 0 Å². The molecular formula is C5H4N4OS. The quantitative estimate of drug-likeness (QED) is 0.489. The molecule has 0 aromatic carbocycles. The average molecular weight is 168 g/mol. The lowest BCUT2D eigenvalue weighted by molar-refractivity contribution is 0.661. The molecule has 0 saturated carbocycles. The van der Waals surface area contributed by atoms with E-state index in [1.165, 1.54) is 12.7 Å². The highest BCUT2D eigenvalue weighted by Gasteiger charge is 2.03. The summed E-state index contributed by atoms with van der Waals surface area (Å²) < 4.78 is 8.73. The number of aromatic amines is 1. The maximum absolute atomic E-state index is 8.73. The molecule has 0 amide bonds. The summed E-state index contributed by atoms with van der Waals surface area (Å²) in [5, 5.41) is 0.493. The van der Waals surface area contributed by atoms with Gasteiger partial charge in [-0.1, -0.05) is 0 Å². The van der Waals surface area contributed by atoms with Crippen molar-refractivity contribution in [3.63, 3.8) is 0 Å². The number of imidazole rings is 1. The van der Waals surface area contributed by atoms with Crippen molar-refractivity contribution in [2.45, 2.75) is 5.03 Å². The molecule has 11 heavy (non-hydrogen) atoms. The molecule has 0 aliphatic heterocycles. The van der Waals surface area contributed by atoms with Crippen LogP contribution >= 0.6 is 12.0 Å². The Balaban J connectivity index is 2.79. The number of nitrogens with one attached hydrogen (secondary N) is 1. The molecule has 2 heterocycles. The van der Waals surface area contributed by atoms with E-state index in [1.54, 1.807) is 0 Å². The maximum Gasteiger partial charge on any atom is 0.181 e. The van der Waals surface area contributed by atoms with Crippen LogP contribution in [0.5, 0.6) is 0 Å². The molecule has 0 aliphatic carbocycles. The van der Waals surface area contributed by atoms with Crippen molar-refractivity contribution in [3.05, 3.63) is 12.7 Å². The first-order chi connectivity index (χ1) is 5.42. The lowest BCUT2D eigenvalue weighted by atomic mass is 10.6. The van der Waals surface area contributed by atoms with E-state index in [9.17, 15) is 0 Å². The second-order valence-electron chi connectivity index (χ2n) is 1.87. The molecule has 0 spiro atoms. The highest BCUT2D eigenvalue weighted by molar-refractivity contribution is 7.93. The Morgan fingerprint density at radius 1 is 1.36 bits per heavy atom. The number of rotatable bonds is 1. The third kappa shape index (κ3) is 0.958. The lowest BCUT2D eigenvalue weighted by Gasteiger charge is -1.91. The molecule has 0 bridgehead atoms. The van der Waals surface area contributed by atoms with Crippen molar-refractivity contribution < 1.29 is 4.55 Å². The van der Waals surface area contributed by atoms with E-state index in [-0.39, 0.29) is 0 Å². The van der Waals surface area contributed by atoms with Crippen molar-refractivity contribution in [2.75, 3.05) is 0 Å². The van der Waals surface area contributed by atoms with Crippen LogP contribution in [-0.4, -0.2) is 24.5 Å². The Morgan fingerprint density at radius 3 is 3.09 bits per heavy atom. The fourth-order valence-corrected chi connectivity index (χ4v) is 1.15. The van der Waals surface area contributed by atoms with E-state index in [1.807, 2.05) is 0 Å². The molecule has 0 atom stereocenters. The fraction of sp³-hybridized carbons (Fsp3) is 0. The first-order valence-electron chi connectivity index (χ1n) is 2.87. The fourth-order valence-electron chi connectivity index (χ4n) is 0.812. The van der Waals surface area contributed by atoms with Crippen LogP contribution in [-0.2, 0) is 0 Å². The first kappa shape index (κ1) is 6.56. The number of nitrogens with zero attached hydrogens (tertiary/aromatic N) is 3. The highest BCUT2D eigenvalue weighted by Crippen LogP contribution is 2.17. The molecule has 0 saturated heterocycles. The van der Waals surface area contributed by atoms with Crippen molar-refractivity contribution in [2.24, 2.45) is 0 Å².